The zero-order chi connectivity index (χ0) is 8.39. The lowest BCUT2D eigenvalue weighted by Gasteiger charge is -2.06. The summed E-state index contributed by atoms with van der Waals surface area (Å²) >= 11 is 0. The molecule has 0 radical (unpaired) electrons. The summed E-state index contributed by atoms with van der Waals surface area (Å²) in [6.45, 7) is 0.493. The third-order valence-electron chi connectivity index (χ3n) is 2.47. The summed E-state index contributed by atoms with van der Waals surface area (Å²) in [4.78, 5) is 0. The van der Waals surface area contributed by atoms with Gasteiger partial charge in [0, 0.05) is 6.54 Å². The Morgan fingerprint density at radius 2 is 2.25 bits per heavy atom. The van der Waals surface area contributed by atoms with Crippen LogP contribution in [-0.4, -0.2) is 15.0 Å². The van der Waals surface area contributed by atoms with Crippen LogP contribution in [0, 0.1) is 0 Å². The molecule has 1 aliphatic rings. The van der Waals surface area contributed by atoms with Gasteiger partial charge in [0.1, 0.15) is 0 Å². The van der Waals surface area contributed by atoms with Crippen LogP contribution in [0.15, 0.2) is 6.20 Å². The fraction of sp³-hybridized carbons (Fsp3) is 0.750. The Balaban J connectivity index is 2.11. The number of nitrogens with zero attached hydrogens (tertiary/aromatic N) is 3. The molecule has 4 nitrogen and oxygen atoms in total. The van der Waals surface area contributed by atoms with E-state index in [2.05, 4.69) is 10.3 Å². The maximum Gasteiger partial charge on any atom is 0.0962 e. The average Bonchev–Trinajstić information content (AvgIpc) is 2.75. The summed E-state index contributed by atoms with van der Waals surface area (Å²) in [6.07, 6.45) is 7.10. The molecule has 0 aliphatic heterocycles. The van der Waals surface area contributed by atoms with Crippen LogP contribution in [0.25, 0.3) is 0 Å². The summed E-state index contributed by atoms with van der Waals surface area (Å²) in [5.74, 6) is 0. The second-order valence-corrected chi connectivity index (χ2v) is 3.33. The standard InChI is InChI=1S/C8H14N4/c9-5-7-6-12(11-10-7)8-3-1-2-4-8/h6,8H,1-5,9H2. The molecular formula is C8H14N4. The Hall–Kier alpha value is -0.900. The minimum absolute atomic E-state index is 0.493. The lowest BCUT2D eigenvalue weighted by Crippen LogP contribution is -2.04. The van der Waals surface area contributed by atoms with Crippen LogP contribution in [0.2, 0.25) is 0 Å². The first kappa shape index (κ1) is 7.73. The third-order valence-corrected chi connectivity index (χ3v) is 2.47. The summed E-state index contributed by atoms with van der Waals surface area (Å²) in [5, 5.41) is 8.02. The van der Waals surface area contributed by atoms with Gasteiger partial charge in [0.2, 0.25) is 0 Å². The van der Waals surface area contributed by atoms with Crippen LogP contribution in [-0.2, 0) is 6.54 Å². The molecule has 2 N–H and O–H groups in total. The van der Waals surface area contributed by atoms with E-state index in [1.807, 2.05) is 10.9 Å². The van der Waals surface area contributed by atoms with Crippen LogP contribution < -0.4 is 5.73 Å². The largest absolute Gasteiger partial charge is 0.325 e. The number of hydrogen-bond donors (Lipinski definition) is 1. The minimum Gasteiger partial charge on any atom is -0.325 e. The van der Waals surface area contributed by atoms with Crippen LogP contribution in [0.1, 0.15) is 37.4 Å². The highest BCUT2D eigenvalue weighted by Crippen LogP contribution is 2.28. The fourth-order valence-corrected chi connectivity index (χ4v) is 1.75. The van der Waals surface area contributed by atoms with Gasteiger partial charge in [0.25, 0.3) is 0 Å². The fourth-order valence-electron chi connectivity index (χ4n) is 1.75. The number of hydrogen-bond acceptors (Lipinski definition) is 3. The maximum atomic E-state index is 5.45. The number of nitrogens with two attached hydrogens (primary N) is 1. The van der Waals surface area contributed by atoms with E-state index in [-0.39, 0.29) is 0 Å². The zero-order valence-corrected chi connectivity index (χ0v) is 7.11. The van der Waals surface area contributed by atoms with Gasteiger partial charge in [0.05, 0.1) is 17.9 Å². The van der Waals surface area contributed by atoms with Crippen molar-refractivity contribution in [2.45, 2.75) is 38.3 Å². The molecule has 1 aliphatic carbocycles. The van der Waals surface area contributed by atoms with Gasteiger partial charge in [-0.2, -0.15) is 0 Å². The Bertz CT molecular complexity index is 249. The number of rotatable bonds is 2. The highest BCUT2D eigenvalue weighted by Gasteiger charge is 2.17. The molecule has 0 atom stereocenters. The van der Waals surface area contributed by atoms with Gasteiger partial charge in [-0.1, -0.05) is 18.1 Å². The molecule has 0 bridgehead atoms. The first-order valence-electron chi connectivity index (χ1n) is 4.51. The third kappa shape index (κ3) is 1.34. The molecule has 2 rings (SSSR count). The highest BCUT2D eigenvalue weighted by atomic mass is 15.4. The molecule has 4 heteroatoms. The molecule has 12 heavy (non-hydrogen) atoms. The predicted molar refractivity (Wildman–Crippen MR) is 45.4 cm³/mol. The van der Waals surface area contributed by atoms with Gasteiger partial charge in [-0.05, 0) is 12.8 Å². The molecule has 1 fully saturated rings. The van der Waals surface area contributed by atoms with E-state index >= 15 is 0 Å². The molecule has 0 spiro atoms. The molecule has 66 valence electrons. The Morgan fingerprint density at radius 1 is 1.50 bits per heavy atom. The zero-order valence-electron chi connectivity index (χ0n) is 7.11. The Morgan fingerprint density at radius 3 is 2.83 bits per heavy atom. The van der Waals surface area contributed by atoms with Gasteiger partial charge in [-0.3, -0.25) is 0 Å². The number of aromatic nitrogens is 3. The van der Waals surface area contributed by atoms with Gasteiger partial charge >= 0.3 is 0 Å². The van der Waals surface area contributed by atoms with Gasteiger partial charge < -0.3 is 5.73 Å². The Kier molecular flexibility index (Phi) is 2.08. The smallest absolute Gasteiger partial charge is 0.0962 e. The van der Waals surface area contributed by atoms with Crippen molar-refractivity contribution in [3.63, 3.8) is 0 Å². The van der Waals surface area contributed by atoms with Crippen molar-refractivity contribution in [2.24, 2.45) is 5.73 Å². The molecule has 1 heterocycles. The van der Waals surface area contributed by atoms with E-state index in [0.717, 1.165) is 5.69 Å². The van der Waals surface area contributed by atoms with Crippen molar-refractivity contribution in [2.75, 3.05) is 0 Å². The van der Waals surface area contributed by atoms with E-state index < -0.39 is 0 Å². The SMILES string of the molecule is NCc1cn(C2CCCC2)nn1. The van der Waals surface area contributed by atoms with Crippen LogP contribution in [0.4, 0.5) is 0 Å². The van der Waals surface area contributed by atoms with E-state index in [1.165, 1.54) is 25.7 Å². The summed E-state index contributed by atoms with van der Waals surface area (Å²) in [7, 11) is 0. The first-order valence-corrected chi connectivity index (χ1v) is 4.51. The lowest BCUT2D eigenvalue weighted by atomic mass is 10.2. The molecule has 0 saturated heterocycles. The molecule has 1 saturated carbocycles. The Labute approximate surface area is 71.8 Å². The summed E-state index contributed by atoms with van der Waals surface area (Å²) in [6, 6.07) is 0.581. The predicted octanol–water partition coefficient (Wildman–Crippen LogP) is 0.852. The quantitative estimate of drug-likeness (QED) is 0.708. The van der Waals surface area contributed by atoms with E-state index in [0.29, 0.717) is 12.6 Å². The topological polar surface area (TPSA) is 56.7 Å². The monoisotopic (exact) mass is 166 g/mol. The highest BCUT2D eigenvalue weighted by molar-refractivity contribution is 4.92. The van der Waals surface area contributed by atoms with Gasteiger partial charge in [0.15, 0.2) is 0 Å². The van der Waals surface area contributed by atoms with E-state index in [1.54, 1.807) is 0 Å². The normalized spacial score (nSPS) is 18.8. The summed E-state index contributed by atoms with van der Waals surface area (Å²) < 4.78 is 1.97. The molecule has 1 aromatic heterocycles. The lowest BCUT2D eigenvalue weighted by molar-refractivity contribution is 0.454. The van der Waals surface area contributed by atoms with Crippen LogP contribution >= 0.6 is 0 Å². The minimum atomic E-state index is 0.493. The average molecular weight is 166 g/mol. The van der Waals surface area contributed by atoms with Gasteiger partial charge in [-0.25, -0.2) is 4.68 Å². The molecule has 1 aromatic rings. The molecular weight excluding hydrogens is 152 g/mol. The first-order chi connectivity index (χ1) is 5.90. The van der Waals surface area contributed by atoms with E-state index in [4.69, 9.17) is 5.73 Å². The van der Waals surface area contributed by atoms with Crippen molar-refractivity contribution >= 4 is 0 Å². The van der Waals surface area contributed by atoms with Crippen molar-refractivity contribution in [1.29, 1.82) is 0 Å². The second-order valence-electron chi connectivity index (χ2n) is 3.33. The molecule has 0 aromatic carbocycles. The van der Waals surface area contributed by atoms with Crippen molar-refractivity contribution in [3.8, 4) is 0 Å². The van der Waals surface area contributed by atoms with Crippen molar-refractivity contribution in [1.82, 2.24) is 15.0 Å². The summed E-state index contributed by atoms with van der Waals surface area (Å²) in [5.41, 5.74) is 6.34. The van der Waals surface area contributed by atoms with Crippen LogP contribution in [0.5, 0.6) is 0 Å². The van der Waals surface area contributed by atoms with E-state index in [9.17, 15) is 0 Å². The molecule has 0 unspecified atom stereocenters. The molecule has 0 amide bonds. The second kappa shape index (κ2) is 3.23. The van der Waals surface area contributed by atoms with Crippen LogP contribution in [0.3, 0.4) is 0 Å². The van der Waals surface area contributed by atoms with Gasteiger partial charge in [-0.15, -0.1) is 5.10 Å². The maximum absolute atomic E-state index is 5.45. The van der Waals surface area contributed by atoms with Crippen molar-refractivity contribution in [3.05, 3.63) is 11.9 Å². The van der Waals surface area contributed by atoms with Crippen molar-refractivity contribution < 1.29 is 0 Å².